The second-order valence-corrected chi connectivity index (χ2v) is 8.16. The first-order chi connectivity index (χ1) is 14.5. The van der Waals surface area contributed by atoms with Crippen molar-refractivity contribution in [3.05, 3.63) is 87.2 Å². The van der Waals surface area contributed by atoms with Gasteiger partial charge in [-0.1, -0.05) is 30.3 Å². The molecular formula is C24H22N2O3S. The van der Waals surface area contributed by atoms with E-state index in [1.807, 2.05) is 73.8 Å². The highest BCUT2D eigenvalue weighted by Gasteiger charge is 2.39. The van der Waals surface area contributed by atoms with E-state index in [0.29, 0.717) is 11.3 Å². The van der Waals surface area contributed by atoms with Gasteiger partial charge in [-0.3, -0.25) is 14.5 Å². The molecular weight excluding hydrogens is 396 g/mol. The number of amides is 2. The molecule has 3 aromatic rings. The minimum atomic E-state index is -0.319. The van der Waals surface area contributed by atoms with Gasteiger partial charge < -0.3 is 10.1 Å². The number of carbonyl (C=O) groups excluding carboxylic acids is 2. The summed E-state index contributed by atoms with van der Waals surface area (Å²) in [6.45, 7) is 4.18. The fourth-order valence-corrected chi connectivity index (χ4v) is 4.17. The highest BCUT2D eigenvalue weighted by molar-refractivity contribution is 7.11. The summed E-state index contributed by atoms with van der Waals surface area (Å²) in [7, 11) is 1.60. The summed E-state index contributed by atoms with van der Waals surface area (Å²) in [6.07, 6.45) is 0. The van der Waals surface area contributed by atoms with Crippen molar-refractivity contribution in [2.45, 2.75) is 20.4 Å². The topological polar surface area (TPSA) is 58.6 Å². The predicted molar refractivity (Wildman–Crippen MR) is 119 cm³/mol. The molecule has 1 aliphatic rings. The first kappa shape index (κ1) is 19.9. The van der Waals surface area contributed by atoms with Crippen molar-refractivity contribution in [2.24, 2.45) is 0 Å². The van der Waals surface area contributed by atoms with Crippen LogP contribution in [-0.2, 0) is 16.1 Å². The van der Waals surface area contributed by atoms with Crippen LogP contribution < -0.4 is 10.1 Å². The SMILES string of the molecule is COc1ccc(CN2C(=O)C(Nc3cc(C)ccc3C)=C(c3cccs3)C2=O)cc1. The molecule has 0 fully saturated rings. The number of nitrogens with one attached hydrogen (secondary N) is 1. The molecule has 2 heterocycles. The lowest BCUT2D eigenvalue weighted by molar-refractivity contribution is -0.137. The maximum Gasteiger partial charge on any atom is 0.278 e. The maximum atomic E-state index is 13.3. The molecule has 1 aromatic heterocycles. The second kappa shape index (κ2) is 8.16. The normalized spacial score (nSPS) is 13.9. The first-order valence-electron chi connectivity index (χ1n) is 9.59. The van der Waals surface area contributed by atoms with E-state index in [9.17, 15) is 9.59 Å². The van der Waals surface area contributed by atoms with E-state index in [1.54, 1.807) is 7.11 Å². The van der Waals surface area contributed by atoms with Crippen molar-refractivity contribution in [1.29, 1.82) is 0 Å². The molecule has 5 nitrogen and oxygen atoms in total. The van der Waals surface area contributed by atoms with Crippen molar-refractivity contribution in [1.82, 2.24) is 4.90 Å². The number of aryl methyl sites for hydroxylation is 2. The summed E-state index contributed by atoms with van der Waals surface area (Å²) in [5.41, 5.74) is 4.51. The quantitative estimate of drug-likeness (QED) is 0.586. The molecule has 0 saturated heterocycles. The van der Waals surface area contributed by atoms with E-state index in [0.717, 1.165) is 33.0 Å². The standard InChI is InChI=1S/C24H22N2O3S/c1-15-6-7-16(2)19(13-15)25-22-21(20-5-4-12-30-20)23(27)26(24(22)28)14-17-8-10-18(29-3)11-9-17/h4-13,25H,14H2,1-3H3. The average molecular weight is 419 g/mol. The van der Waals surface area contributed by atoms with Crippen LogP contribution in [0.15, 0.2) is 65.7 Å². The van der Waals surface area contributed by atoms with Crippen LogP contribution in [0.1, 0.15) is 21.6 Å². The Labute approximate surface area is 179 Å². The Hall–Kier alpha value is -3.38. The van der Waals surface area contributed by atoms with E-state index < -0.39 is 0 Å². The maximum absolute atomic E-state index is 13.3. The molecule has 0 saturated carbocycles. The number of thiophene rings is 1. The monoisotopic (exact) mass is 418 g/mol. The van der Waals surface area contributed by atoms with Gasteiger partial charge in [0.1, 0.15) is 11.4 Å². The lowest BCUT2D eigenvalue weighted by Gasteiger charge is -2.16. The van der Waals surface area contributed by atoms with Crippen molar-refractivity contribution < 1.29 is 14.3 Å². The van der Waals surface area contributed by atoms with Crippen molar-refractivity contribution in [3.63, 3.8) is 0 Å². The van der Waals surface area contributed by atoms with E-state index in [4.69, 9.17) is 4.74 Å². The minimum absolute atomic E-state index is 0.203. The van der Waals surface area contributed by atoms with Crippen molar-refractivity contribution >= 4 is 34.4 Å². The molecule has 0 radical (unpaired) electrons. The molecule has 2 amide bonds. The van der Waals surface area contributed by atoms with Crippen LogP contribution in [0.5, 0.6) is 5.75 Å². The van der Waals surface area contributed by atoms with Gasteiger partial charge in [-0.25, -0.2) is 0 Å². The van der Waals surface area contributed by atoms with Crippen LogP contribution in [0.3, 0.4) is 0 Å². The van der Waals surface area contributed by atoms with Crippen molar-refractivity contribution in [2.75, 3.05) is 12.4 Å². The molecule has 0 spiro atoms. The third kappa shape index (κ3) is 3.74. The lowest BCUT2D eigenvalue weighted by atomic mass is 10.1. The lowest BCUT2D eigenvalue weighted by Crippen LogP contribution is -2.32. The summed E-state index contributed by atoms with van der Waals surface area (Å²) >= 11 is 1.45. The zero-order valence-corrected chi connectivity index (χ0v) is 17.9. The molecule has 30 heavy (non-hydrogen) atoms. The molecule has 1 N–H and O–H groups in total. The smallest absolute Gasteiger partial charge is 0.278 e. The molecule has 0 unspecified atom stereocenters. The number of ether oxygens (including phenoxy) is 1. The molecule has 1 aliphatic heterocycles. The average Bonchev–Trinajstić information content (AvgIpc) is 3.34. The molecule has 4 rings (SSSR count). The molecule has 6 heteroatoms. The van der Waals surface area contributed by atoms with Gasteiger partial charge in [-0.2, -0.15) is 0 Å². The summed E-state index contributed by atoms with van der Waals surface area (Å²) in [5.74, 6) is 0.124. The third-order valence-electron chi connectivity index (χ3n) is 5.09. The highest BCUT2D eigenvalue weighted by Crippen LogP contribution is 2.34. The highest BCUT2D eigenvalue weighted by atomic mass is 32.1. The zero-order chi connectivity index (χ0) is 21.3. The molecule has 0 bridgehead atoms. The largest absolute Gasteiger partial charge is 0.497 e. The van der Waals surface area contributed by atoms with Crippen LogP contribution in [0, 0.1) is 13.8 Å². The number of anilines is 1. The summed E-state index contributed by atoms with van der Waals surface area (Å²) in [6, 6.07) is 17.1. The van der Waals surface area contributed by atoms with Crippen molar-refractivity contribution in [3.8, 4) is 5.75 Å². The number of rotatable bonds is 6. The predicted octanol–water partition coefficient (Wildman–Crippen LogP) is 4.77. The first-order valence-corrected chi connectivity index (χ1v) is 10.5. The van der Waals surface area contributed by atoms with E-state index in [2.05, 4.69) is 5.32 Å². The van der Waals surface area contributed by atoms with Gasteiger partial charge in [0, 0.05) is 10.6 Å². The molecule has 0 atom stereocenters. The fraction of sp³-hybridized carbons (Fsp3) is 0.167. The van der Waals surface area contributed by atoms with Crippen LogP contribution in [0.25, 0.3) is 5.57 Å². The molecule has 0 aliphatic carbocycles. The molecule has 152 valence electrons. The Balaban J connectivity index is 1.70. The van der Waals surface area contributed by atoms with Gasteiger partial charge in [0.15, 0.2) is 0 Å². The van der Waals surface area contributed by atoms with E-state index in [1.165, 1.54) is 16.2 Å². The zero-order valence-electron chi connectivity index (χ0n) is 17.1. The Morgan fingerprint density at radius 2 is 1.77 bits per heavy atom. The van der Waals surface area contributed by atoms with Crippen LogP contribution in [0.2, 0.25) is 0 Å². The van der Waals surface area contributed by atoms with Gasteiger partial charge in [0.2, 0.25) is 0 Å². The van der Waals surface area contributed by atoms with Gasteiger partial charge in [0.25, 0.3) is 11.8 Å². The van der Waals surface area contributed by atoms with Crippen LogP contribution >= 0.6 is 11.3 Å². The van der Waals surface area contributed by atoms with Crippen LogP contribution in [-0.4, -0.2) is 23.8 Å². The number of imide groups is 1. The third-order valence-corrected chi connectivity index (χ3v) is 5.98. The number of methoxy groups -OCH3 is 1. The summed E-state index contributed by atoms with van der Waals surface area (Å²) in [5, 5.41) is 5.16. The molecule has 2 aromatic carbocycles. The minimum Gasteiger partial charge on any atom is -0.497 e. The number of hydrogen-bond donors (Lipinski definition) is 1. The second-order valence-electron chi connectivity index (χ2n) is 7.22. The number of nitrogens with zero attached hydrogens (tertiary/aromatic N) is 1. The van der Waals surface area contributed by atoms with Gasteiger partial charge in [-0.05, 0) is 60.2 Å². The Morgan fingerprint density at radius 1 is 1.00 bits per heavy atom. The number of benzene rings is 2. The van der Waals surface area contributed by atoms with E-state index in [-0.39, 0.29) is 18.4 Å². The summed E-state index contributed by atoms with van der Waals surface area (Å²) < 4.78 is 5.19. The summed E-state index contributed by atoms with van der Waals surface area (Å²) in [4.78, 5) is 28.7. The number of carbonyl (C=O) groups is 2. The Kier molecular flexibility index (Phi) is 5.42. The van der Waals surface area contributed by atoms with E-state index >= 15 is 0 Å². The van der Waals surface area contributed by atoms with Gasteiger partial charge in [-0.15, -0.1) is 11.3 Å². The van der Waals surface area contributed by atoms with Gasteiger partial charge >= 0.3 is 0 Å². The van der Waals surface area contributed by atoms with Gasteiger partial charge in [0.05, 0.1) is 19.2 Å². The Morgan fingerprint density at radius 3 is 2.43 bits per heavy atom. The number of hydrogen-bond acceptors (Lipinski definition) is 5. The van der Waals surface area contributed by atoms with Crippen LogP contribution in [0.4, 0.5) is 5.69 Å². The Bertz CT molecular complexity index is 1130. The fourth-order valence-electron chi connectivity index (χ4n) is 3.40.